The topological polar surface area (TPSA) is 38.3 Å². The standard InChI is InChI=1S/C15H20BrNO2/c1-3-15(11-8-9-11,14(18)19-4-2)17-13-7-5-6-12(16)10-13/h5-7,10-11,17H,3-4,8-9H2,1-2H3. The van der Waals surface area contributed by atoms with Crippen LogP contribution < -0.4 is 5.32 Å². The van der Waals surface area contributed by atoms with Gasteiger partial charge in [0, 0.05) is 10.2 Å². The minimum atomic E-state index is -0.573. The van der Waals surface area contributed by atoms with Gasteiger partial charge in [-0.05, 0) is 50.3 Å². The van der Waals surface area contributed by atoms with E-state index >= 15 is 0 Å². The normalized spacial score (nSPS) is 17.6. The van der Waals surface area contributed by atoms with Crippen LogP contribution in [0.1, 0.15) is 33.1 Å². The average molecular weight is 326 g/mol. The highest BCUT2D eigenvalue weighted by atomic mass is 79.9. The summed E-state index contributed by atoms with van der Waals surface area (Å²) in [6.45, 7) is 4.32. The zero-order valence-corrected chi connectivity index (χ0v) is 13.0. The maximum atomic E-state index is 12.4. The molecule has 19 heavy (non-hydrogen) atoms. The van der Waals surface area contributed by atoms with Crippen molar-refractivity contribution >= 4 is 27.6 Å². The highest BCUT2D eigenvalue weighted by Gasteiger charge is 2.50. The van der Waals surface area contributed by atoms with E-state index in [1.165, 1.54) is 0 Å². The van der Waals surface area contributed by atoms with Gasteiger partial charge in [0.05, 0.1) is 6.61 Å². The highest BCUT2D eigenvalue weighted by molar-refractivity contribution is 9.10. The molecule has 0 bridgehead atoms. The number of carbonyl (C=O) groups excluding carboxylic acids is 1. The lowest BCUT2D eigenvalue weighted by Gasteiger charge is -2.32. The second kappa shape index (κ2) is 5.95. The van der Waals surface area contributed by atoms with Crippen LogP contribution in [-0.2, 0) is 9.53 Å². The third-order valence-electron chi connectivity index (χ3n) is 3.66. The number of anilines is 1. The Kier molecular flexibility index (Phi) is 4.50. The summed E-state index contributed by atoms with van der Waals surface area (Å²) in [6, 6.07) is 7.91. The van der Waals surface area contributed by atoms with E-state index in [1.54, 1.807) is 0 Å². The third-order valence-corrected chi connectivity index (χ3v) is 4.16. The molecule has 1 aromatic rings. The van der Waals surface area contributed by atoms with Crippen LogP contribution in [0.25, 0.3) is 0 Å². The van der Waals surface area contributed by atoms with Gasteiger partial charge in [-0.15, -0.1) is 0 Å². The van der Waals surface area contributed by atoms with E-state index in [9.17, 15) is 4.79 Å². The number of hydrogen-bond donors (Lipinski definition) is 1. The second-order valence-corrected chi connectivity index (χ2v) is 5.87. The summed E-state index contributed by atoms with van der Waals surface area (Å²) in [6.07, 6.45) is 2.92. The molecule has 0 radical (unpaired) electrons. The molecule has 1 fully saturated rings. The van der Waals surface area contributed by atoms with Crippen molar-refractivity contribution in [2.24, 2.45) is 5.92 Å². The van der Waals surface area contributed by atoms with Crippen molar-refractivity contribution in [3.63, 3.8) is 0 Å². The number of halogens is 1. The van der Waals surface area contributed by atoms with Gasteiger partial charge in [-0.1, -0.05) is 28.9 Å². The van der Waals surface area contributed by atoms with Crippen molar-refractivity contribution in [3.05, 3.63) is 28.7 Å². The number of hydrogen-bond acceptors (Lipinski definition) is 3. The van der Waals surface area contributed by atoms with Gasteiger partial charge in [-0.25, -0.2) is 4.79 Å². The van der Waals surface area contributed by atoms with Crippen LogP contribution >= 0.6 is 15.9 Å². The number of benzene rings is 1. The monoisotopic (exact) mass is 325 g/mol. The minimum absolute atomic E-state index is 0.125. The molecule has 4 heteroatoms. The Balaban J connectivity index is 2.25. The van der Waals surface area contributed by atoms with E-state index in [0.717, 1.165) is 29.4 Å². The number of carbonyl (C=O) groups is 1. The van der Waals surface area contributed by atoms with Crippen LogP contribution in [0.2, 0.25) is 0 Å². The molecule has 1 saturated carbocycles. The van der Waals surface area contributed by atoms with Gasteiger partial charge in [-0.3, -0.25) is 0 Å². The van der Waals surface area contributed by atoms with Crippen molar-refractivity contribution < 1.29 is 9.53 Å². The average Bonchev–Trinajstić information content (AvgIpc) is 3.21. The second-order valence-electron chi connectivity index (χ2n) is 4.95. The van der Waals surface area contributed by atoms with E-state index in [1.807, 2.05) is 38.1 Å². The van der Waals surface area contributed by atoms with Crippen LogP contribution in [0.3, 0.4) is 0 Å². The molecule has 1 aliphatic carbocycles. The Bertz CT molecular complexity index is 459. The van der Waals surface area contributed by atoms with E-state index in [-0.39, 0.29) is 5.97 Å². The van der Waals surface area contributed by atoms with Gasteiger partial charge in [0.25, 0.3) is 0 Å². The Labute approximate surface area is 122 Å². The minimum Gasteiger partial charge on any atom is -0.464 e. The maximum Gasteiger partial charge on any atom is 0.332 e. The summed E-state index contributed by atoms with van der Waals surface area (Å²) < 4.78 is 6.29. The van der Waals surface area contributed by atoms with Gasteiger partial charge < -0.3 is 10.1 Å². The largest absolute Gasteiger partial charge is 0.464 e. The molecule has 0 saturated heterocycles. The lowest BCUT2D eigenvalue weighted by Crippen LogP contribution is -2.49. The van der Waals surface area contributed by atoms with Gasteiger partial charge in [0.15, 0.2) is 0 Å². The number of esters is 1. The Morgan fingerprint density at radius 3 is 2.74 bits per heavy atom. The summed E-state index contributed by atoms with van der Waals surface area (Å²) in [5.74, 6) is 0.260. The predicted octanol–water partition coefficient (Wildman–Crippen LogP) is 3.98. The first-order valence-electron chi connectivity index (χ1n) is 6.83. The number of rotatable bonds is 6. The van der Waals surface area contributed by atoms with Crippen molar-refractivity contribution in [1.29, 1.82) is 0 Å². The lowest BCUT2D eigenvalue weighted by molar-refractivity contribution is -0.149. The van der Waals surface area contributed by atoms with Crippen LogP contribution in [0.5, 0.6) is 0 Å². The summed E-state index contributed by atoms with van der Waals surface area (Å²) in [4.78, 5) is 12.4. The quantitative estimate of drug-likeness (QED) is 0.804. The summed E-state index contributed by atoms with van der Waals surface area (Å²) in [5.41, 5.74) is 0.382. The molecule has 0 aliphatic heterocycles. The molecule has 2 rings (SSSR count). The molecule has 1 aromatic carbocycles. The SMILES string of the molecule is CCOC(=O)C(CC)(Nc1cccc(Br)c1)C1CC1. The van der Waals surface area contributed by atoms with Crippen LogP contribution in [0.4, 0.5) is 5.69 Å². The van der Waals surface area contributed by atoms with Crippen LogP contribution in [0, 0.1) is 5.92 Å². The first-order valence-corrected chi connectivity index (χ1v) is 7.62. The fraction of sp³-hybridized carbons (Fsp3) is 0.533. The molecule has 3 nitrogen and oxygen atoms in total. The van der Waals surface area contributed by atoms with Gasteiger partial charge in [-0.2, -0.15) is 0 Å². The Hall–Kier alpha value is -1.03. The van der Waals surface area contributed by atoms with E-state index < -0.39 is 5.54 Å². The molecule has 0 aromatic heterocycles. The zero-order valence-electron chi connectivity index (χ0n) is 11.4. The van der Waals surface area contributed by atoms with Crippen molar-refractivity contribution in [1.82, 2.24) is 0 Å². The molecule has 1 N–H and O–H groups in total. The highest BCUT2D eigenvalue weighted by Crippen LogP contribution is 2.44. The van der Waals surface area contributed by atoms with Gasteiger partial charge in [0.2, 0.25) is 0 Å². The first kappa shape index (κ1) is 14.4. The fourth-order valence-electron chi connectivity index (χ4n) is 2.50. The molecule has 104 valence electrons. The molecular formula is C15H20BrNO2. The molecule has 1 aliphatic rings. The first-order chi connectivity index (χ1) is 9.12. The predicted molar refractivity (Wildman–Crippen MR) is 80.1 cm³/mol. The van der Waals surface area contributed by atoms with Gasteiger partial charge in [0.1, 0.15) is 5.54 Å². The summed E-state index contributed by atoms with van der Waals surface area (Å²) >= 11 is 3.46. The van der Waals surface area contributed by atoms with E-state index in [4.69, 9.17) is 4.74 Å². The Morgan fingerprint density at radius 1 is 1.47 bits per heavy atom. The number of nitrogens with one attached hydrogen (secondary N) is 1. The summed E-state index contributed by atoms with van der Waals surface area (Å²) in [5, 5.41) is 3.42. The molecular weight excluding hydrogens is 306 g/mol. The van der Waals surface area contributed by atoms with Gasteiger partial charge >= 0.3 is 5.97 Å². The van der Waals surface area contributed by atoms with Crippen LogP contribution in [-0.4, -0.2) is 18.1 Å². The third kappa shape index (κ3) is 3.11. The maximum absolute atomic E-state index is 12.4. The molecule has 1 atom stereocenters. The van der Waals surface area contributed by atoms with E-state index in [0.29, 0.717) is 12.5 Å². The molecule has 0 amide bonds. The number of ether oxygens (including phenoxy) is 1. The Morgan fingerprint density at radius 2 is 2.21 bits per heavy atom. The smallest absolute Gasteiger partial charge is 0.332 e. The van der Waals surface area contributed by atoms with Crippen molar-refractivity contribution in [3.8, 4) is 0 Å². The van der Waals surface area contributed by atoms with Crippen molar-refractivity contribution in [2.45, 2.75) is 38.6 Å². The molecule has 0 heterocycles. The molecule has 0 spiro atoms. The van der Waals surface area contributed by atoms with E-state index in [2.05, 4.69) is 21.2 Å². The fourth-order valence-corrected chi connectivity index (χ4v) is 2.90. The molecule has 1 unspecified atom stereocenters. The zero-order chi connectivity index (χ0) is 13.9. The van der Waals surface area contributed by atoms with Crippen molar-refractivity contribution in [2.75, 3.05) is 11.9 Å². The van der Waals surface area contributed by atoms with Crippen LogP contribution in [0.15, 0.2) is 28.7 Å². The summed E-state index contributed by atoms with van der Waals surface area (Å²) in [7, 11) is 0. The lowest BCUT2D eigenvalue weighted by atomic mass is 9.89.